The van der Waals surface area contributed by atoms with Crippen LogP contribution < -0.4 is 15.6 Å². The average molecular weight is 502 g/mol. The van der Waals surface area contributed by atoms with E-state index in [2.05, 4.69) is 5.32 Å². The van der Waals surface area contributed by atoms with Gasteiger partial charge in [0.25, 0.3) is 11.5 Å². The van der Waals surface area contributed by atoms with Gasteiger partial charge in [-0.15, -0.1) is 0 Å². The minimum absolute atomic E-state index is 0.132. The fourth-order valence-electron chi connectivity index (χ4n) is 5.51. The molecule has 0 bridgehead atoms. The highest BCUT2D eigenvalue weighted by molar-refractivity contribution is 6.12. The molecule has 0 radical (unpaired) electrons. The Labute approximate surface area is 214 Å². The zero-order valence-corrected chi connectivity index (χ0v) is 21.1. The molecule has 0 unspecified atom stereocenters. The Morgan fingerprint density at radius 1 is 1.03 bits per heavy atom. The molecule has 1 saturated carbocycles. The van der Waals surface area contributed by atoms with Crippen molar-refractivity contribution in [1.29, 1.82) is 0 Å². The first-order valence-corrected chi connectivity index (χ1v) is 12.6. The van der Waals surface area contributed by atoms with E-state index in [0.29, 0.717) is 29.4 Å². The monoisotopic (exact) mass is 501 g/mol. The predicted molar refractivity (Wildman–Crippen MR) is 142 cm³/mol. The lowest BCUT2D eigenvalue weighted by atomic mass is 9.85. The summed E-state index contributed by atoms with van der Waals surface area (Å²) in [4.78, 5) is 40.4. The van der Waals surface area contributed by atoms with E-state index in [9.17, 15) is 19.5 Å². The zero-order chi connectivity index (χ0) is 26.2. The highest BCUT2D eigenvalue weighted by atomic mass is 16.5. The maximum absolute atomic E-state index is 13.9. The topological polar surface area (TPSA) is 103 Å². The number of hydrogen-bond acceptors (Lipinski definition) is 5. The van der Waals surface area contributed by atoms with Crippen molar-refractivity contribution in [3.63, 3.8) is 0 Å². The van der Waals surface area contributed by atoms with Gasteiger partial charge in [-0.2, -0.15) is 0 Å². The molecule has 0 atom stereocenters. The maximum atomic E-state index is 13.9. The number of ether oxygens (including phenoxy) is 1. The first-order chi connectivity index (χ1) is 17.8. The Bertz CT molecular complexity index is 1550. The summed E-state index contributed by atoms with van der Waals surface area (Å²) in [6.07, 6.45) is 4.22. The van der Waals surface area contributed by atoms with Gasteiger partial charge in [0, 0.05) is 24.5 Å². The van der Waals surface area contributed by atoms with Crippen LogP contribution in [0.2, 0.25) is 0 Å². The maximum Gasteiger partial charge on any atom is 0.271 e. The third kappa shape index (κ3) is 4.42. The molecule has 0 spiro atoms. The second-order valence-electron chi connectivity index (χ2n) is 9.83. The van der Waals surface area contributed by atoms with Crippen LogP contribution in [-0.4, -0.2) is 45.2 Å². The van der Waals surface area contributed by atoms with Crippen LogP contribution in [0, 0.1) is 0 Å². The van der Waals surface area contributed by atoms with Crippen LogP contribution in [0.25, 0.3) is 21.8 Å². The summed E-state index contributed by atoms with van der Waals surface area (Å²) in [7, 11) is 3.15. The summed E-state index contributed by atoms with van der Waals surface area (Å²) in [6.45, 7) is -0.0149. The number of methoxy groups -OCH3 is 1. The Morgan fingerprint density at radius 2 is 1.70 bits per heavy atom. The Hall–Kier alpha value is -3.91. The highest BCUT2D eigenvalue weighted by Crippen LogP contribution is 2.35. The van der Waals surface area contributed by atoms with Crippen LogP contribution >= 0.6 is 0 Å². The lowest BCUT2D eigenvalue weighted by Gasteiger charge is -2.32. The molecule has 1 fully saturated rings. The summed E-state index contributed by atoms with van der Waals surface area (Å²) in [5, 5.41) is 14.7. The van der Waals surface area contributed by atoms with E-state index in [4.69, 9.17) is 4.74 Å². The molecule has 5 rings (SSSR count). The van der Waals surface area contributed by atoms with E-state index in [1.807, 2.05) is 24.3 Å². The molecule has 2 aromatic carbocycles. The van der Waals surface area contributed by atoms with Crippen LogP contribution in [0.4, 0.5) is 0 Å². The summed E-state index contributed by atoms with van der Waals surface area (Å²) in [6, 6.07) is 16.2. The number of hydrogen-bond donors (Lipinski definition) is 2. The summed E-state index contributed by atoms with van der Waals surface area (Å²) in [5.41, 5.74) is 0.530. The standard InChI is InChI=1S/C29H31N3O5/c1-31-24-20-13-7-8-14-21(20)32(17-22(33)19-11-5-3-6-12-19)28(35)23(24)26(37-2)25(31)27(34)30-18-29(36)15-9-4-10-16-29/h3,5-8,11-14,36H,4,9-10,15-18H2,1-2H3,(H,30,34). The van der Waals surface area contributed by atoms with E-state index in [1.165, 1.54) is 11.7 Å². The molecule has 0 aliphatic heterocycles. The molecule has 2 N–H and O–H groups in total. The van der Waals surface area contributed by atoms with Gasteiger partial charge in [0.15, 0.2) is 17.2 Å². The fraction of sp³-hybridized carbons (Fsp3) is 0.345. The summed E-state index contributed by atoms with van der Waals surface area (Å²) >= 11 is 0. The third-order valence-electron chi connectivity index (χ3n) is 7.44. The molecule has 1 aliphatic carbocycles. The molecule has 8 heteroatoms. The largest absolute Gasteiger partial charge is 0.493 e. The van der Waals surface area contributed by atoms with Gasteiger partial charge in [-0.1, -0.05) is 67.8 Å². The number of pyridine rings is 1. The van der Waals surface area contributed by atoms with Crippen molar-refractivity contribution in [1.82, 2.24) is 14.5 Å². The van der Waals surface area contributed by atoms with Gasteiger partial charge in [-0.3, -0.25) is 19.0 Å². The highest BCUT2D eigenvalue weighted by Gasteiger charge is 2.32. The van der Waals surface area contributed by atoms with Gasteiger partial charge in [-0.05, 0) is 18.9 Å². The molecule has 2 heterocycles. The molecular formula is C29H31N3O5. The van der Waals surface area contributed by atoms with Crippen LogP contribution in [0.3, 0.4) is 0 Å². The number of amides is 1. The van der Waals surface area contributed by atoms with Gasteiger partial charge in [-0.25, -0.2) is 0 Å². The molecule has 0 saturated heterocycles. The lowest BCUT2D eigenvalue weighted by Crippen LogP contribution is -2.44. The van der Waals surface area contributed by atoms with Crippen LogP contribution in [0.1, 0.15) is 53.0 Å². The number of carbonyl (C=O) groups excluding carboxylic acids is 2. The second-order valence-corrected chi connectivity index (χ2v) is 9.83. The Balaban J connectivity index is 1.62. The van der Waals surface area contributed by atoms with Crippen molar-refractivity contribution in [2.45, 2.75) is 44.2 Å². The van der Waals surface area contributed by atoms with Gasteiger partial charge in [0.1, 0.15) is 5.39 Å². The van der Waals surface area contributed by atoms with Crippen molar-refractivity contribution in [3.05, 3.63) is 76.2 Å². The number of carbonyl (C=O) groups is 2. The fourth-order valence-corrected chi connectivity index (χ4v) is 5.51. The third-order valence-corrected chi connectivity index (χ3v) is 7.44. The normalized spacial score (nSPS) is 15.1. The molecule has 4 aromatic rings. The van der Waals surface area contributed by atoms with E-state index in [1.54, 1.807) is 41.9 Å². The van der Waals surface area contributed by atoms with Gasteiger partial charge < -0.3 is 19.7 Å². The van der Waals surface area contributed by atoms with E-state index in [0.717, 1.165) is 24.6 Å². The van der Waals surface area contributed by atoms with Crippen molar-refractivity contribution in [3.8, 4) is 5.75 Å². The Morgan fingerprint density at radius 3 is 2.41 bits per heavy atom. The Kier molecular flexibility index (Phi) is 6.60. The predicted octanol–water partition coefficient (Wildman–Crippen LogP) is 3.81. The van der Waals surface area contributed by atoms with E-state index in [-0.39, 0.29) is 35.7 Å². The average Bonchev–Trinajstić information content (AvgIpc) is 3.23. The SMILES string of the molecule is COc1c(C(=O)NCC2(O)CCCCC2)n(C)c2c1c(=O)n(CC(=O)c1ccccc1)c1ccccc21. The summed E-state index contributed by atoms with van der Waals surface area (Å²) < 4.78 is 8.76. The molecule has 1 aliphatic rings. The first-order valence-electron chi connectivity index (χ1n) is 12.6. The quantitative estimate of drug-likeness (QED) is 0.375. The minimum Gasteiger partial charge on any atom is -0.493 e. The number of nitrogens with one attached hydrogen (secondary N) is 1. The number of rotatable bonds is 7. The van der Waals surface area contributed by atoms with Crippen LogP contribution in [0.15, 0.2) is 59.4 Å². The smallest absolute Gasteiger partial charge is 0.271 e. The van der Waals surface area contributed by atoms with Crippen LogP contribution in [-0.2, 0) is 13.6 Å². The number of ketones is 1. The first kappa shape index (κ1) is 24.8. The van der Waals surface area contributed by atoms with Crippen molar-refractivity contribution < 1.29 is 19.4 Å². The second kappa shape index (κ2) is 9.86. The number of aryl methyl sites for hydroxylation is 1. The lowest BCUT2D eigenvalue weighted by molar-refractivity contribution is 0.00515. The van der Waals surface area contributed by atoms with Crippen molar-refractivity contribution >= 4 is 33.5 Å². The van der Waals surface area contributed by atoms with Gasteiger partial charge in [0.2, 0.25) is 0 Å². The number of aliphatic hydroxyl groups is 1. The number of Topliss-reactive ketones (excluding diaryl/α,β-unsaturated/α-hetero) is 1. The number of nitrogens with zero attached hydrogens (tertiary/aromatic N) is 2. The van der Waals surface area contributed by atoms with Gasteiger partial charge >= 0.3 is 0 Å². The minimum atomic E-state index is -0.928. The van der Waals surface area contributed by atoms with E-state index >= 15 is 0 Å². The molecule has 37 heavy (non-hydrogen) atoms. The number of benzene rings is 2. The van der Waals surface area contributed by atoms with Crippen LogP contribution in [0.5, 0.6) is 5.75 Å². The molecule has 1 amide bonds. The zero-order valence-electron chi connectivity index (χ0n) is 21.1. The molecule has 192 valence electrons. The summed E-state index contributed by atoms with van der Waals surface area (Å²) in [5.74, 6) is -0.465. The molecular weight excluding hydrogens is 470 g/mol. The van der Waals surface area contributed by atoms with Gasteiger partial charge in [0.05, 0.1) is 30.3 Å². The number of fused-ring (bicyclic) bond motifs is 3. The van der Waals surface area contributed by atoms with Crippen molar-refractivity contribution in [2.24, 2.45) is 7.05 Å². The molecule has 2 aromatic heterocycles. The van der Waals surface area contributed by atoms with Crippen molar-refractivity contribution in [2.75, 3.05) is 13.7 Å². The molecule has 8 nitrogen and oxygen atoms in total. The van der Waals surface area contributed by atoms with E-state index < -0.39 is 17.1 Å². The number of para-hydroxylation sites is 1. The number of aromatic nitrogens is 2.